The quantitative estimate of drug-likeness (QED) is 0.898. The number of hydrogen-bond donors (Lipinski definition) is 1. The molecular weight excluding hydrogens is 340 g/mol. The largest absolute Gasteiger partial charge is 0.444 e. The van der Waals surface area contributed by atoms with Crippen molar-refractivity contribution in [3.63, 3.8) is 0 Å². The first-order chi connectivity index (χ1) is 12.8. The second-order valence-corrected chi connectivity index (χ2v) is 7.85. The Kier molecular flexibility index (Phi) is 5.49. The summed E-state index contributed by atoms with van der Waals surface area (Å²) in [4.78, 5) is 27.3. The average Bonchev–Trinajstić information content (AvgIpc) is 3.04. The number of alkyl carbamates (subject to hydrolysis) is 1. The third-order valence-corrected chi connectivity index (χ3v) is 4.42. The molecule has 1 N–H and O–H groups in total. The smallest absolute Gasteiger partial charge is 0.408 e. The Morgan fingerprint density at radius 1 is 1.00 bits per heavy atom. The van der Waals surface area contributed by atoms with Crippen molar-refractivity contribution in [3.05, 3.63) is 71.3 Å². The molecule has 3 rings (SSSR count). The Balaban J connectivity index is 1.74. The van der Waals surface area contributed by atoms with Crippen LogP contribution in [0.5, 0.6) is 0 Å². The van der Waals surface area contributed by atoms with Crippen LogP contribution in [0.3, 0.4) is 0 Å². The topological polar surface area (TPSA) is 58.6 Å². The highest BCUT2D eigenvalue weighted by Gasteiger charge is 2.31. The molecule has 0 aromatic heterocycles. The Morgan fingerprint density at radius 2 is 1.56 bits per heavy atom. The summed E-state index contributed by atoms with van der Waals surface area (Å²) in [6.07, 6.45) is -0.153. The van der Waals surface area contributed by atoms with E-state index in [1.54, 1.807) is 25.7 Å². The Bertz CT molecular complexity index is 787. The number of nitrogens with zero attached hydrogens (tertiary/aromatic N) is 1. The van der Waals surface area contributed by atoms with Crippen LogP contribution in [0.2, 0.25) is 0 Å². The van der Waals surface area contributed by atoms with E-state index in [4.69, 9.17) is 4.74 Å². The van der Waals surface area contributed by atoms with Crippen molar-refractivity contribution in [2.24, 2.45) is 0 Å². The molecule has 1 heterocycles. The lowest BCUT2D eigenvalue weighted by Crippen LogP contribution is -2.49. The summed E-state index contributed by atoms with van der Waals surface area (Å²) in [6.45, 7) is 6.54. The van der Waals surface area contributed by atoms with Gasteiger partial charge in [0.15, 0.2) is 0 Å². The standard InChI is InChI=1S/C22H26N2O3/c1-22(2,3)27-21(26)23-19(13-16-9-5-4-6-10-16)20(25)24-14-17-11-7-8-12-18(17)15-24/h4-12,19H,13-15H2,1-3H3,(H,23,26)/t19-/m0/s1. The second kappa shape index (κ2) is 7.82. The first kappa shape index (κ1) is 19.0. The van der Waals surface area contributed by atoms with Crippen LogP contribution < -0.4 is 5.32 Å². The third kappa shape index (κ3) is 5.09. The zero-order valence-electron chi connectivity index (χ0n) is 16.1. The molecule has 0 saturated heterocycles. The number of ether oxygens (including phenoxy) is 1. The molecule has 142 valence electrons. The zero-order chi connectivity index (χ0) is 19.4. The summed E-state index contributed by atoms with van der Waals surface area (Å²) in [6, 6.07) is 17.1. The van der Waals surface area contributed by atoms with Crippen LogP contribution in [0.1, 0.15) is 37.5 Å². The van der Waals surface area contributed by atoms with E-state index < -0.39 is 17.7 Å². The zero-order valence-corrected chi connectivity index (χ0v) is 16.1. The van der Waals surface area contributed by atoms with E-state index in [0.717, 1.165) is 16.7 Å². The SMILES string of the molecule is CC(C)(C)OC(=O)N[C@@H](Cc1ccccc1)C(=O)N1Cc2ccccc2C1. The van der Waals surface area contributed by atoms with E-state index in [1.807, 2.05) is 54.6 Å². The number of carbonyl (C=O) groups is 2. The van der Waals surface area contributed by atoms with Crippen molar-refractivity contribution < 1.29 is 14.3 Å². The molecule has 1 aliphatic rings. The van der Waals surface area contributed by atoms with Gasteiger partial charge in [-0.3, -0.25) is 4.79 Å². The van der Waals surface area contributed by atoms with E-state index >= 15 is 0 Å². The van der Waals surface area contributed by atoms with Crippen molar-refractivity contribution in [2.75, 3.05) is 0 Å². The Labute approximate surface area is 160 Å². The van der Waals surface area contributed by atoms with Gasteiger partial charge in [0.1, 0.15) is 11.6 Å². The summed E-state index contributed by atoms with van der Waals surface area (Å²) in [7, 11) is 0. The van der Waals surface area contributed by atoms with Gasteiger partial charge in [-0.2, -0.15) is 0 Å². The number of fused-ring (bicyclic) bond motifs is 1. The monoisotopic (exact) mass is 366 g/mol. The average molecular weight is 366 g/mol. The van der Waals surface area contributed by atoms with Crippen LogP contribution in [0.25, 0.3) is 0 Å². The lowest BCUT2D eigenvalue weighted by atomic mass is 10.0. The lowest BCUT2D eigenvalue weighted by molar-refractivity contribution is -0.134. The minimum atomic E-state index is -0.670. The number of benzene rings is 2. The highest BCUT2D eigenvalue weighted by atomic mass is 16.6. The van der Waals surface area contributed by atoms with Gasteiger partial charge in [-0.1, -0.05) is 54.6 Å². The van der Waals surface area contributed by atoms with Crippen LogP contribution >= 0.6 is 0 Å². The molecule has 1 atom stereocenters. The molecular formula is C22H26N2O3. The molecule has 5 heteroatoms. The Hall–Kier alpha value is -2.82. The number of rotatable bonds is 4. The predicted molar refractivity (Wildman–Crippen MR) is 104 cm³/mol. The molecule has 0 radical (unpaired) electrons. The summed E-state index contributed by atoms with van der Waals surface area (Å²) < 4.78 is 5.36. The molecule has 2 aromatic rings. The fourth-order valence-corrected chi connectivity index (χ4v) is 3.21. The minimum Gasteiger partial charge on any atom is -0.444 e. The van der Waals surface area contributed by atoms with Crippen LogP contribution in [-0.2, 0) is 29.0 Å². The summed E-state index contributed by atoms with van der Waals surface area (Å²) in [5.41, 5.74) is 2.68. The maximum absolute atomic E-state index is 13.2. The van der Waals surface area contributed by atoms with Gasteiger partial charge in [0.05, 0.1) is 0 Å². The van der Waals surface area contributed by atoms with Crippen LogP contribution in [0.4, 0.5) is 4.79 Å². The summed E-state index contributed by atoms with van der Waals surface area (Å²) >= 11 is 0. The van der Waals surface area contributed by atoms with Gasteiger partial charge in [-0.15, -0.1) is 0 Å². The first-order valence-corrected chi connectivity index (χ1v) is 9.21. The van der Waals surface area contributed by atoms with Gasteiger partial charge in [-0.05, 0) is 37.5 Å². The molecule has 1 aliphatic heterocycles. The van der Waals surface area contributed by atoms with Gasteiger partial charge < -0.3 is 15.0 Å². The van der Waals surface area contributed by atoms with Crippen molar-refractivity contribution in [3.8, 4) is 0 Å². The Morgan fingerprint density at radius 3 is 2.11 bits per heavy atom. The minimum absolute atomic E-state index is 0.0964. The molecule has 0 fully saturated rings. The van der Waals surface area contributed by atoms with Crippen molar-refractivity contribution in [1.29, 1.82) is 0 Å². The molecule has 0 bridgehead atoms. The second-order valence-electron chi connectivity index (χ2n) is 7.85. The molecule has 2 amide bonds. The fourth-order valence-electron chi connectivity index (χ4n) is 3.21. The molecule has 0 saturated carbocycles. The summed E-state index contributed by atoms with van der Waals surface area (Å²) in [5.74, 6) is -0.0964. The lowest BCUT2D eigenvalue weighted by Gasteiger charge is -2.26. The predicted octanol–water partition coefficient (Wildman–Crippen LogP) is 3.66. The number of carbonyl (C=O) groups excluding carboxylic acids is 2. The highest BCUT2D eigenvalue weighted by molar-refractivity contribution is 5.86. The van der Waals surface area contributed by atoms with Gasteiger partial charge in [-0.25, -0.2) is 4.79 Å². The molecule has 27 heavy (non-hydrogen) atoms. The normalized spacial score (nSPS) is 14.4. The fraction of sp³-hybridized carbons (Fsp3) is 0.364. The first-order valence-electron chi connectivity index (χ1n) is 9.21. The highest BCUT2D eigenvalue weighted by Crippen LogP contribution is 2.23. The molecule has 0 unspecified atom stereocenters. The summed E-state index contributed by atoms with van der Waals surface area (Å²) in [5, 5.41) is 2.77. The van der Waals surface area contributed by atoms with Gasteiger partial charge in [0, 0.05) is 19.5 Å². The van der Waals surface area contributed by atoms with Gasteiger partial charge in [0.25, 0.3) is 0 Å². The van der Waals surface area contributed by atoms with Gasteiger partial charge >= 0.3 is 6.09 Å². The molecule has 0 aliphatic carbocycles. The van der Waals surface area contributed by atoms with Crippen molar-refractivity contribution >= 4 is 12.0 Å². The maximum atomic E-state index is 13.2. The number of hydrogen-bond acceptors (Lipinski definition) is 3. The number of amides is 2. The molecule has 0 spiro atoms. The maximum Gasteiger partial charge on any atom is 0.408 e. The van der Waals surface area contributed by atoms with E-state index in [2.05, 4.69) is 5.32 Å². The van der Waals surface area contributed by atoms with Crippen LogP contribution in [-0.4, -0.2) is 28.5 Å². The van der Waals surface area contributed by atoms with Crippen LogP contribution in [0, 0.1) is 0 Å². The van der Waals surface area contributed by atoms with Gasteiger partial charge in [0.2, 0.25) is 5.91 Å². The van der Waals surface area contributed by atoms with E-state index in [1.165, 1.54) is 0 Å². The van der Waals surface area contributed by atoms with E-state index in [9.17, 15) is 9.59 Å². The van der Waals surface area contributed by atoms with E-state index in [0.29, 0.717) is 19.5 Å². The third-order valence-electron chi connectivity index (χ3n) is 4.42. The van der Waals surface area contributed by atoms with Crippen molar-refractivity contribution in [1.82, 2.24) is 10.2 Å². The number of nitrogens with one attached hydrogen (secondary N) is 1. The molecule has 5 nitrogen and oxygen atoms in total. The van der Waals surface area contributed by atoms with Crippen molar-refractivity contribution in [2.45, 2.75) is 51.9 Å². The van der Waals surface area contributed by atoms with E-state index in [-0.39, 0.29) is 5.91 Å². The molecule has 2 aromatic carbocycles. The van der Waals surface area contributed by atoms with Crippen LogP contribution in [0.15, 0.2) is 54.6 Å².